The van der Waals surface area contributed by atoms with Crippen LogP contribution >= 0.6 is 15.9 Å². The fourth-order valence-corrected chi connectivity index (χ4v) is 1.83. The summed E-state index contributed by atoms with van der Waals surface area (Å²) in [6.45, 7) is 0. The van der Waals surface area contributed by atoms with Gasteiger partial charge in [-0.2, -0.15) is 5.10 Å². The second-order valence-electron chi connectivity index (χ2n) is 3.60. The maximum atomic E-state index is 11.0. The number of hydrogen-bond donors (Lipinski definition) is 3. The van der Waals surface area contributed by atoms with Crippen LogP contribution < -0.4 is 15.7 Å². The van der Waals surface area contributed by atoms with Crippen molar-refractivity contribution in [3.05, 3.63) is 38.7 Å². The van der Waals surface area contributed by atoms with Crippen molar-refractivity contribution in [2.45, 2.75) is 0 Å². The molecule has 0 aliphatic heterocycles. The molecule has 0 saturated heterocycles. The Hall–Kier alpha value is -2.42. The Labute approximate surface area is 121 Å². The second kappa shape index (κ2) is 6.15. The van der Waals surface area contributed by atoms with Gasteiger partial charge in [0, 0.05) is 10.0 Å². The minimum Gasteiger partial charge on any atom is -0.504 e. The number of nitrogens with one attached hydrogen (secondary N) is 2. The molecule has 9 heteroatoms. The highest BCUT2D eigenvalue weighted by atomic mass is 79.9. The molecule has 0 radical (unpaired) electrons. The van der Waals surface area contributed by atoms with E-state index in [1.165, 1.54) is 13.3 Å². The molecule has 0 amide bonds. The molecule has 1 aromatic heterocycles. The first-order valence-electron chi connectivity index (χ1n) is 5.37. The third-order valence-electron chi connectivity index (χ3n) is 2.24. The highest BCUT2D eigenvalue weighted by Gasteiger charge is 2.07. The summed E-state index contributed by atoms with van der Waals surface area (Å²) in [4.78, 5) is 13.4. The molecule has 1 aromatic carbocycles. The van der Waals surface area contributed by atoms with Crippen molar-refractivity contribution in [1.29, 1.82) is 0 Å². The predicted octanol–water partition coefficient (Wildman–Crippen LogP) is 1.09. The molecule has 0 aliphatic rings. The number of methoxy groups -OCH3 is 1. The van der Waals surface area contributed by atoms with Crippen LogP contribution in [0.15, 0.2) is 32.7 Å². The third kappa shape index (κ3) is 3.32. The van der Waals surface area contributed by atoms with Crippen LogP contribution in [0.4, 0.5) is 5.95 Å². The number of anilines is 1. The summed E-state index contributed by atoms with van der Waals surface area (Å²) in [7, 11) is 1.45. The molecular weight excluding hydrogens is 330 g/mol. The van der Waals surface area contributed by atoms with Gasteiger partial charge in [0.2, 0.25) is 5.95 Å². The van der Waals surface area contributed by atoms with E-state index in [0.29, 0.717) is 11.3 Å². The van der Waals surface area contributed by atoms with Gasteiger partial charge in [-0.25, -0.2) is 5.43 Å². The van der Waals surface area contributed by atoms with Crippen LogP contribution in [0.5, 0.6) is 11.5 Å². The van der Waals surface area contributed by atoms with Gasteiger partial charge in [-0.05, 0) is 12.1 Å². The van der Waals surface area contributed by atoms with E-state index in [-0.39, 0.29) is 11.7 Å². The molecule has 8 nitrogen and oxygen atoms in total. The number of hydrogen-bond acceptors (Lipinski definition) is 7. The quantitative estimate of drug-likeness (QED) is 0.567. The molecule has 0 spiro atoms. The zero-order valence-corrected chi connectivity index (χ0v) is 11.9. The van der Waals surface area contributed by atoms with Crippen LogP contribution in [0, 0.1) is 0 Å². The number of aromatic amines is 1. The number of ether oxygens (including phenoxy) is 1. The van der Waals surface area contributed by atoms with Crippen molar-refractivity contribution < 1.29 is 9.84 Å². The van der Waals surface area contributed by atoms with E-state index in [4.69, 9.17) is 4.74 Å². The first-order chi connectivity index (χ1) is 9.60. The number of hydrazone groups is 1. The van der Waals surface area contributed by atoms with Crippen molar-refractivity contribution in [3.63, 3.8) is 0 Å². The first kappa shape index (κ1) is 14.0. The van der Waals surface area contributed by atoms with Crippen molar-refractivity contribution >= 4 is 28.1 Å². The van der Waals surface area contributed by atoms with Gasteiger partial charge in [0.15, 0.2) is 11.5 Å². The van der Waals surface area contributed by atoms with Gasteiger partial charge in [-0.15, -0.1) is 10.2 Å². The molecule has 20 heavy (non-hydrogen) atoms. The molecule has 2 aromatic rings. The molecule has 0 saturated carbocycles. The number of halogens is 1. The summed E-state index contributed by atoms with van der Waals surface area (Å²) in [6.07, 6.45) is 2.40. The Morgan fingerprint density at radius 2 is 2.35 bits per heavy atom. The maximum absolute atomic E-state index is 11.0. The molecule has 2 rings (SSSR count). The normalized spacial score (nSPS) is 10.7. The first-order valence-corrected chi connectivity index (χ1v) is 6.17. The lowest BCUT2D eigenvalue weighted by Crippen LogP contribution is -2.10. The van der Waals surface area contributed by atoms with Crippen LogP contribution in [-0.4, -0.2) is 33.6 Å². The molecule has 3 N–H and O–H groups in total. The molecule has 0 unspecified atom stereocenters. The summed E-state index contributed by atoms with van der Waals surface area (Å²) < 4.78 is 5.74. The Morgan fingerprint density at radius 1 is 1.55 bits per heavy atom. The van der Waals surface area contributed by atoms with E-state index in [1.807, 2.05) is 0 Å². The highest BCUT2D eigenvalue weighted by molar-refractivity contribution is 9.10. The number of aromatic nitrogens is 3. The summed E-state index contributed by atoms with van der Waals surface area (Å²) in [5.41, 5.74) is 2.52. The average molecular weight is 340 g/mol. The monoisotopic (exact) mass is 339 g/mol. The van der Waals surface area contributed by atoms with Crippen molar-refractivity contribution in [2.75, 3.05) is 12.5 Å². The van der Waals surface area contributed by atoms with E-state index >= 15 is 0 Å². The number of aromatic hydroxyl groups is 1. The van der Waals surface area contributed by atoms with Gasteiger partial charge >= 0.3 is 0 Å². The second-order valence-corrected chi connectivity index (χ2v) is 4.51. The van der Waals surface area contributed by atoms with Crippen molar-refractivity contribution in [2.24, 2.45) is 5.10 Å². The van der Waals surface area contributed by atoms with E-state index < -0.39 is 5.56 Å². The van der Waals surface area contributed by atoms with Crippen molar-refractivity contribution in [1.82, 2.24) is 15.2 Å². The molecule has 0 aliphatic carbocycles. The Morgan fingerprint density at radius 3 is 3.05 bits per heavy atom. The van der Waals surface area contributed by atoms with E-state index in [9.17, 15) is 9.90 Å². The van der Waals surface area contributed by atoms with E-state index in [2.05, 4.69) is 41.6 Å². The standard InChI is InChI=1S/C11H10BrN5O3/c1-20-8-3-7(12)2-6(10(8)19)4-13-16-11-15-9(18)5-14-17-11/h2-5,19H,1H3,(H2,15,16,17,18)/b13-4+. The SMILES string of the molecule is COc1cc(Br)cc(/C=N/Nc2nncc(=O)[nH]2)c1O. The third-order valence-corrected chi connectivity index (χ3v) is 2.70. The summed E-state index contributed by atoms with van der Waals surface area (Å²) >= 11 is 3.29. The zero-order chi connectivity index (χ0) is 14.5. The Kier molecular flexibility index (Phi) is 4.31. The average Bonchev–Trinajstić information content (AvgIpc) is 2.42. The van der Waals surface area contributed by atoms with Gasteiger partial charge in [-0.1, -0.05) is 15.9 Å². The lowest BCUT2D eigenvalue weighted by molar-refractivity contribution is 0.373. The van der Waals surface area contributed by atoms with E-state index in [0.717, 1.165) is 10.7 Å². The number of benzene rings is 1. The van der Waals surface area contributed by atoms with Crippen LogP contribution in [0.25, 0.3) is 0 Å². The highest BCUT2D eigenvalue weighted by Crippen LogP contribution is 2.32. The lowest BCUT2D eigenvalue weighted by Gasteiger charge is -2.06. The van der Waals surface area contributed by atoms with Gasteiger partial charge < -0.3 is 9.84 Å². The van der Waals surface area contributed by atoms with Crippen LogP contribution in [0.1, 0.15) is 5.56 Å². The van der Waals surface area contributed by atoms with Gasteiger partial charge in [-0.3, -0.25) is 9.78 Å². The smallest absolute Gasteiger partial charge is 0.271 e. The molecule has 0 atom stereocenters. The minimum absolute atomic E-state index is 0.0473. The number of rotatable bonds is 4. The topological polar surface area (TPSA) is 112 Å². The number of phenols is 1. The summed E-state index contributed by atoms with van der Waals surface area (Å²) in [5.74, 6) is 0.359. The number of H-pyrrole nitrogens is 1. The van der Waals surface area contributed by atoms with E-state index in [1.54, 1.807) is 12.1 Å². The fourth-order valence-electron chi connectivity index (χ4n) is 1.37. The Bertz CT molecular complexity index is 701. The van der Waals surface area contributed by atoms with Crippen LogP contribution in [0.3, 0.4) is 0 Å². The Balaban J connectivity index is 2.19. The van der Waals surface area contributed by atoms with Gasteiger partial charge in [0.25, 0.3) is 5.56 Å². The van der Waals surface area contributed by atoms with Crippen molar-refractivity contribution in [3.8, 4) is 11.5 Å². The zero-order valence-electron chi connectivity index (χ0n) is 10.3. The molecular formula is C11H10BrN5O3. The number of phenolic OH excluding ortho intramolecular Hbond substituents is 1. The van der Waals surface area contributed by atoms with Crippen LogP contribution in [0.2, 0.25) is 0 Å². The molecule has 1 heterocycles. The minimum atomic E-state index is -0.398. The summed E-state index contributed by atoms with van der Waals surface area (Å²) in [5, 5.41) is 20.8. The predicted molar refractivity (Wildman–Crippen MR) is 76.2 cm³/mol. The largest absolute Gasteiger partial charge is 0.504 e. The molecule has 0 fully saturated rings. The maximum Gasteiger partial charge on any atom is 0.271 e. The lowest BCUT2D eigenvalue weighted by atomic mass is 10.2. The van der Waals surface area contributed by atoms with Crippen LogP contribution in [-0.2, 0) is 0 Å². The number of nitrogens with zero attached hydrogens (tertiary/aromatic N) is 3. The van der Waals surface area contributed by atoms with Gasteiger partial charge in [0.1, 0.15) is 6.20 Å². The van der Waals surface area contributed by atoms with Gasteiger partial charge in [0.05, 0.1) is 13.3 Å². The fraction of sp³-hybridized carbons (Fsp3) is 0.0909. The molecule has 0 bridgehead atoms. The summed E-state index contributed by atoms with van der Waals surface area (Å²) in [6, 6.07) is 3.28. The molecule has 104 valence electrons.